The van der Waals surface area contributed by atoms with Crippen molar-refractivity contribution in [1.82, 2.24) is 4.90 Å². The summed E-state index contributed by atoms with van der Waals surface area (Å²) in [6.07, 6.45) is 5.23. The van der Waals surface area contributed by atoms with Gasteiger partial charge in [-0.15, -0.1) is 0 Å². The first-order chi connectivity index (χ1) is 17.1. The van der Waals surface area contributed by atoms with Gasteiger partial charge >= 0.3 is 0 Å². The number of nitrogens with zero attached hydrogens (tertiary/aromatic N) is 2. The number of rotatable bonds is 3. The summed E-state index contributed by atoms with van der Waals surface area (Å²) in [4.78, 5) is 45.0. The molecule has 4 atom stereocenters. The fourth-order valence-electron chi connectivity index (χ4n) is 6.06. The lowest BCUT2D eigenvalue weighted by atomic mass is 9.84. The number of carbonyl (C=O) groups is 3. The van der Waals surface area contributed by atoms with Crippen molar-refractivity contribution < 1.29 is 18.8 Å². The van der Waals surface area contributed by atoms with Crippen LogP contribution in [0.4, 0.5) is 5.69 Å². The lowest BCUT2D eigenvalue weighted by Crippen LogP contribution is -2.44. The van der Waals surface area contributed by atoms with Gasteiger partial charge in [0.25, 0.3) is 0 Å². The summed E-state index contributed by atoms with van der Waals surface area (Å²) in [6.45, 7) is 0. The summed E-state index contributed by atoms with van der Waals surface area (Å²) in [7, 11) is 0. The third-order valence-electron chi connectivity index (χ3n) is 7.50. The highest BCUT2D eigenvalue weighted by atomic mass is 16.3. The summed E-state index contributed by atoms with van der Waals surface area (Å²) in [5.74, 6) is -2.23. The van der Waals surface area contributed by atoms with Gasteiger partial charge in [0.1, 0.15) is 6.04 Å². The van der Waals surface area contributed by atoms with Crippen molar-refractivity contribution in [3.63, 3.8) is 0 Å². The Morgan fingerprint density at radius 3 is 2.43 bits per heavy atom. The van der Waals surface area contributed by atoms with Crippen molar-refractivity contribution in [3.8, 4) is 0 Å². The fraction of sp³-hybridized carbons (Fsp3) is 0.138. The molecule has 0 saturated carbocycles. The first-order valence-electron chi connectivity index (χ1n) is 11.6. The smallest absolute Gasteiger partial charge is 0.240 e. The third-order valence-corrected chi connectivity index (χ3v) is 7.50. The lowest BCUT2D eigenvalue weighted by Gasteiger charge is -2.35. The molecule has 0 aliphatic carbocycles. The van der Waals surface area contributed by atoms with E-state index in [-0.39, 0.29) is 23.4 Å². The Hall–Kier alpha value is -4.45. The van der Waals surface area contributed by atoms with Crippen molar-refractivity contribution in [2.45, 2.75) is 12.1 Å². The molecule has 0 spiro atoms. The van der Waals surface area contributed by atoms with Crippen molar-refractivity contribution >= 4 is 40.1 Å². The monoisotopic (exact) mass is 460 g/mol. The molecule has 4 aromatic rings. The average molecular weight is 460 g/mol. The summed E-state index contributed by atoms with van der Waals surface area (Å²) in [6, 6.07) is 23.1. The Balaban J connectivity index is 1.41. The van der Waals surface area contributed by atoms with Crippen molar-refractivity contribution in [2.24, 2.45) is 11.8 Å². The normalized spacial score (nSPS) is 24.6. The summed E-state index contributed by atoms with van der Waals surface area (Å²) >= 11 is 0. The van der Waals surface area contributed by atoms with E-state index in [1.54, 1.807) is 18.2 Å². The first kappa shape index (κ1) is 20.0. The number of benzene rings is 3. The number of furan rings is 1. The maximum Gasteiger partial charge on any atom is 0.240 e. The van der Waals surface area contributed by atoms with Crippen molar-refractivity contribution in [2.75, 3.05) is 4.90 Å². The van der Waals surface area contributed by atoms with E-state index in [4.69, 9.17) is 4.42 Å². The molecule has 0 bridgehead atoms. The fourth-order valence-corrected chi connectivity index (χ4v) is 6.06. The summed E-state index contributed by atoms with van der Waals surface area (Å²) in [5.41, 5.74) is 2.49. The van der Waals surface area contributed by atoms with Crippen LogP contribution in [0.2, 0.25) is 0 Å². The minimum absolute atomic E-state index is 0.186. The maximum absolute atomic E-state index is 14.1. The number of amides is 2. The summed E-state index contributed by atoms with van der Waals surface area (Å²) < 4.78 is 5.43. The number of ketones is 1. The number of imide groups is 1. The Morgan fingerprint density at radius 1 is 0.800 bits per heavy atom. The zero-order valence-corrected chi connectivity index (χ0v) is 18.6. The molecule has 3 aromatic carbocycles. The van der Waals surface area contributed by atoms with E-state index in [1.165, 1.54) is 11.2 Å². The minimum atomic E-state index is -0.836. The molecule has 1 aromatic heterocycles. The van der Waals surface area contributed by atoms with Crippen LogP contribution in [0, 0.1) is 11.8 Å². The van der Waals surface area contributed by atoms with Gasteiger partial charge in [0, 0.05) is 11.6 Å². The van der Waals surface area contributed by atoms with Crippen LogP contribution in [0.5, 0.6) is 0 Å². The molecule has 1 unspecified atom stereocenters. The van der Waals surface area contributed by atoms with E-state index in [2.05, 4.69) is 0 Å². The number of fused-ring (bicyclic) bond motifs is 6. The zero-order valence-electron chi connectivity index (χ0n) is 18.6. The van der Waals surface area contributed by atoms with Crippen LogP contribution >= 0.6 is 0 Å². The van der Waals surface area contributed by atoms with E-state index in [0.29, 0.717) is 5.69 Å². The molecule has 2 fully saturated rings. The highest BCUT2D eigenvalue weighted by Gasteiger charge is 2.65. The second kappa shape index (κ2) is 7.27. The molecule has 4 heterocycles. The minimum Gasteiger partial charge on any atom is -0.461 e. The molecule has 6 heteroatoms. The molecule has 6 nitrogen and oxygen atoms in total. The molecular weight excluding hydrogens is 440 g/mol. The molecule has 0 radical (unpaired) electrons. The maximum atomic E-state index is 14.1. The van der Waals surface area contributed by atoms with E-state index in [9.17, 15) is 14.4 Å². The van der Waals surface area contributed by atoms with Gasteiger partial charge in [-0.3, -0.25) is 14.4 Å². The van der Waals surface area contributed by atoms with E-state index in [1.807, 2.05) is 77.8 Å². The molecule has 0 N–H and O–H groups in total. The second-order valence-electron chi connectivity index (χ2n) is 9.18. The first-order valence-corrected chi connectivity index (χ1v) is 11.6. The molecule has 2 amide bonds. The highest BCUT2D eigenvalue weighted by Crippen LogP contribution is 2.54. The lowest BCUT2D eigenvalue weighted by molar-refractivity contribution is -0.123. The van der Waals surface area contributed by atoms with Gasteiger partial charge in [-0.05, 0) is 40.8 Å². The Morgan fingerprint density at radius 2 is 1.57 bits per heavy atom. The zero-order chi connectivity index (χ0) is 23.7. The predicted octanol–water partition coefficient (Wildman–Crippen LogP) is 4.83. The number of Topliss-reactive ketones (excluding diaryl/α,β-unsaturated/α-hetero) is 1. The van der Waals surface area contributed by atoms with Crippen LogP contribution in [0.3, 0.4) is 0 Å². The van der Waals surface area contributed by atoms with E-state index < -0.39 is 23.9 Å². The molecule has 170 valence electrons. The number of hydrogen-bond donors (Lipinski definition) is 0. The summed E-state index contributed by atoms with van der Waals surface area (Å²) in [5, 5.41) is 1.77. The number of hydrogen-bond acceptors (Lipinski definition) is 5. The van der Waals surface area contributed by atoms with Gasteiger partial charge in [0.05, 0.1) is 29.8 Å². The number of anilines is 1. The largest absolute Gasteiger partial charge is 0.461 e. The van der Waals surface area contributed by atoms with Crippen LogP contribution in [-0.2, 0) is 9.59 Å². The van der Waals surface area contributed by atoms with Gasteiger partial charge in [-0.1, -0.05) is 60.7 Å². The van der Waals surface area contributed by atoms with Gasteiger partial charge in [0.15, 0.2) is 5.76 Å². The van der Waals surface area contributed by atoms with Crippen LogP contribution in [0.25, 0.3) is 16.8 Å². The molecule has 3 aliphatic rings. The van der Waals surface area contributed by atoms with E-state index in [0.717, 1.165) is 21.9 Å². The average Bonchev–Trinajstić information content (AvgIpc) is 3.60. The molecular formula is C29H20N2O4. The Kier molecular flexibility index (Phi) is 4.15. The SMILES string of the molecule is O=C(c1ccco1)[C@@H]1[C@@H]2C(=O)N(c3cccc4ccccc34)C(=O)[C@@H]2C2c3ccccc3C=CN21. The standard InChI is InChI=1S/C29H20N2O4/c32-27(22-13-6-16-35-22)26-24-23(25-20-11-4-2-8-18(20)14-15-30(25)26)28(33)31(29(24)34)21-12-5-9-17-7-1-3-10-19(17)21/h1-16,23-26H/t23-,24+,25?,26-/m0/s1. The van der Waals surface area contributed by atoms with Crippen LogP contribution in [0.1, 0.15) is 27.7 Å². The topological polar surface area (TPSA) is 70.8 Å². The van der Waals surface area contributed by atoms with Crippen molar-refractivity contribution in [1.29, 1.82) is 0 Å². The van der Waals surface area contributed by atoms with Gasteiger partial charge < -0.3 is 9.32 Å². The molecule has 35 heavy (non-hydrogen) atoms. The molecule has 7 rings (SSSR count). The predicted molar refractivity (Wildman–Crippen MR) is 130 cm³/mol. The molecule has 3 aliphatic heterocycles. The third kappa shape index (κ3) is 2.68. The van der Waals surface area contributed by atoms with E-state index >= 15 is 0 Å². The number of carbonyl (C=O) groups excluding carboxylic acids is 3. The Labute approximate surface area is 201 Å². The van der Waals surface area contributed by atoms with Crippen LogP contribution in [0.15, 0.2) is 95.7 Å². The van der Waals surface area contributed by atoms with Crippen molar-refractivity contribution in [3.05, 3.63) is 108 Å². The second-order valence-corrected chi connectivity index (χ2v) is 9.18. The quantitative estimate of drug-likeness (QED) is 0.324. The van der Waals surface area contributed by atoms with Gasteiger partial charge in [0.2, 0.25) is 17.6 Å². The Bertz CT molecular complexity index is 1550. The van der Waals surface area contributed by atoms with Gasteiger partial charge in [-0.2, -0.15) is 0 Å². The van der Waals surface area contributed by atoms with Crippen LogP contribution in [-0.4, -0.2) is 28.5 Å². The highest BCUT2D eigenvalue weighted by molar-refractivity contribution is 6.27. The molecule has 2 saturated heterocycles. The van der Waals surface area contributed by atoms with Crippen LogP contribution < -0.4 is 4.90 Å². The van der Waals surface area contributed by atoms with Gasteiger partial charge in [-0.25, -0.2) is 4.90 Å².